The van der Waals surface area contributed by atoms with Gasteiger partial charge in [-0.25, -0.2) is 19.5 Å². The predicted octanol–water partition coefficient (Wildman–Crippen LogP) is -0.0917. The van der Waals surface area contributed by atoms with Crippen LogP contribution in [0.1, 0.15) is 0 Å². The molecule has 1 aromatic carbocycles. The van der Waals surface area contributed by atoms with E-state index in [1.807, 2.05) is 0 Å². The Hall–Kier alpha value is -3.51. The lowest BCUT2D eigenvalue weighted by Gasteiger charge is -2.31. The zero-order chi connectivity index (χ0) is 19.4. The second kappa shape index (κ2) is 7.80. The number of methoxy groups -OCH3 is 2. The lowest BCUT2D eigenvalue weighted by atomic mass is 10.1. The fourth-order valence-electron chi connectivity index (χ4n) is 2.54. The molecule has 1 aromatic heterocycles. The standard InChI is InChI=1S/C15H15N5O7/c1-24-14(21)12-6-26-8-19(13(12)15(22)25-2)9-3-10(5-11(4-9)27-23)20-7-16-17-18-20/h3-5,7,23H,6,8H2,1-2H3. The molecule has 1 aliphatic heterocycles. The Balaban J connectivity index is 2.14. The molecule has 27 heavy (non-hydrogen) atoms. The highest BCUT2D eigenvalue weighted by Crippen LogP contribution is 2.31. The van der Waals surface area contributed by atoms with Crippen molar-refractivity contribution in [1.29, 1.82) is 0 Å². The van der Waals surface area contributed by atoms with Crippen molar-refractivity contribution in [1.82, 2.24) is 20.2 Å². The minimum Gasteiger partial charge on any atom is -0.466 e. The molecule has 0 saturated heterocycles. The molecule has 0 atom stereocenters. The highest BCUT2D eigenvalue weighted by atomic mass is 17.1. The smallest absolute Gasteiger partial charge is 0.355 e. The van der Waals surface area contributed by atoms with Gasteiger partial charge in [0.15, 0.2) is 5.75 Å². The van der Waals surface area contributed by atoms with Gasteiger partial charge in [0.25, 0.3) is 0 Å². The zero-order valence-corrected chi connectivity index (χ0v) is 14.4. The maximum atomic E-state index is 12.3. The Morgan fingerprint density at radius 3 is 2.52 bits per heavy atom. The molecule has 0 spiro atoms. The topological polar surface area (TPSA) is 138 Å². The third-order valence-corrected chi connectivity index (χ3v) is 3.74. The summed E-state index contributed by atoms with van der Waals surface area (Å²) in [6.07, 6.45) is 1.34. The van der Waals surface area contributed by atoms with Crippen molar-refractivity contribution in [2.75, 3.05) is 32.5 Å². The van der Waals surface area contributed by atoms with Crippen LogP contribution in [-0.2, 0) is 23.8 Å². The van der Waals surface area contributed by atoms with Crippen molar-refractivity contribution in [3.05, 3.63) is 35.8 Å². The summed E-state index contributed by atoms with van der Waals surface area (Å²) in [7, 11) is 2.39. The van der Waals surface area contributed by atoms with Crippen LogP contribution in [0.3, 0.4) is 0 Å². The van der Waals surface area contributed by atoms with Gasteiger partial charge < -0.3 is 24.0 Å². The minimum atomic E-state index is -0.752. The zero-order valence-electron chi connectivity index (χ0n) is 14.4. The summed E-state index contributed by atoms with van der Waals surface area (Å²) < 4.78 is 16.3. The highest BCUT2D eigenvalue weighted by molar-refractivity contribution is 6.03. The molecule has 12 nitrogen and oxygen atoms in total. The van der Waals surface area contributed by atoms with Gasteiger partial charge in [0.1, 0.15) is 18.8 Å². The second-order valence-corrected chi connectivity index (χ2v) is 5.25. The fraction of sp³-hybridized carbons (Fsp3) is 0.267. The van der Waals surface area contributed by atoms with Crippen molar-refractivity contribution in [3.8, 4) is 11.4 Å². The van der Waals surface area contributed by atoms with E-state index in [0.717, 1.165) is 0 Å². The number of rotatable bonds is 5. The largest absolute Gasteiger partial charge is 0.466 e. The molecular weight excluding hydrogens is 362 g/mol. The molecule has 142 valence electrons. The first-order valence-electron chi connectivity index (χ1n) is 7.54. The second-order valence-electron chi connectivity index (χ2n) is 5.25. The summed E-state index contributed by atoms with van der Waals surface area (Å²) >= 11 is 0. The summed E-state index contributed by atoms with van der Waals surface area (Å²) in [6, 6.07) is 4.50. The monoisotopic (exact) mass is 377 g/mol. The lowest BCUT2D eigenvalue weighted by molar-refractivity contribution is -0.140. The number of carbonyl (C=O) groups is 2. The number of carbonyl (C=O) groups excluding carboxylic acids is 2. The normalized spacial score (nSPS) is 14.1. The SMILES string of the molecule is COC(=O)C1=C(C(=O)OC)N(c2cc(OO)cc(-n3cnnn3)c2)COC1. The van der Waals surface area contributed by atoms with E-state index in [9.17, 15) is 9.59 Å². The van der Waals surface area contributed by atoms with Gasteiger partial charge in [-0.3, -0.25) is 0 Å². The van der Waals surface area contributed by atoms with Gasteiger partial charge in [-0.05, 0) is 16.5 Å². The van der Waals surface area contributed by atoms with E-state index in [1.54, 1.807) is 6.07 Å². The van der Waals surface area contributed by atoms with Crippen molar-refractivity contribution in [2.45, 2.75) is 0 Å². The van der Waals surface area contributed by atoms with Crippen molar-refractivity contribution in [3.63, 3.8) is 0 Å². The summed E-state index contributed by atoms with van der Waals surface area (Å²) in [5.41, 5.74) is 0.729. The molecule has 0 saturated carbocycles. The molecule has 1 aliphatic rings. The van der Waals surface area contributed by atoms with Crippen molar-refractivity contribution < 1.29 is 33.9 Å². The van der Waals surface area contributed by atoms with Crippen LogP contribution in [0.2, 0.25) is 0 Å². The van der Waals surface area contributed by atoms with Crippen LogP contribution in [0, 0.1) is 0 Å². The van der Waals surface area contributed by atoms with Gasteiger partial charge >= 0.3 is 11.9 Å². The number of aromatic nitrogens is 4. The molecule has 0 aliphatic carbocycles. The Kier molecular flexibility index (Phi) is 5.28. The average Bonchev–Trinajstić information content (AvgIpc) is 3.26. The van der Waals surface area contributed by atoms with Crippen LogP contribution in [0.4, 0.5) is 5.69 Å². The lowest BCUT2D eigenvalue weighted by Crippen LogP contribution is -2.38. The van der Waals surface area contributed by atoms with Crippen LogP contribution < -0.4 is 9.79 Å². The third kappa shape index (κ3) is 3.56. The Morgan fingerprint density at radius 1 is 1.15 bits per heavy atom. The molecule has 3 rings (SSSR count). The van der Waals surface area contributed by atoms with E-state index in [-0.39, 0.29) is 30.4 Å². The van der Waals surface area contributed by atoms with E-state index in [4.69, 9.17) is 19.5 Å². The van der Waals surface area contributed by atoms with Crippen molar-refractivity contribution in [2.24, 2.45) is 0 Å². The number of hydrogen-bond donors (Lipinski definition) is 1. The highest BCUT2D eigenvalue weighted by Gasteiger charge is 2.32. The molecular formula is C15H15N5O7. The Morgan fingerprint density at radius 2 is 1.89 bits per heavy atom. The van der Waals surface area contributed by atoms with Gasteiger partial charge in [-0.1, -0.05) is 0 Å². The number of nitrogens with zero attached hydrogens (tertiary/aromatic N) is 5. The quantitative estimate of drug-likeness (QED) is 0.425. The molecule has 12 heteroatoms. The maximum Gasteiger partial charge on any atom is 0.355 e. The molecule has 2 heterocycles. The first-order valence-corrected chi connectivity index (χ1v) is 7.54. The van der Waals surface area contributed by atoms with Gasteiger partial charge in [0.05, 0.1) is 32.1 Å². The number of anilines is 1. The average molecular weight is 377 g/mol. The number of tetrazole rings is 1. The molecule has 0 fully saturated rings. The van der Waals surface area contributed by atoms with E-state index in [0.29, 0.717) is 11.4 Å². The van der Waals surface area contributed by atoms with Gasteiger partial charge in [0, 0.05) is 17.8 Å². The molecule has 0 unspecified atom stereocenters. The van der Waals surface area contributed by atoms with Crippen molar-refractivity contribution >= 4 is 17.6 Å². The maximum absolute atomic E-state index is 12.3. The van der Waals surface area contributed by atoms with E-state index in [1.165, 1.54) is 42.3 Å². The predicted molar refractivity (Wildman–Crippen MR) is 86.8 cm³/mol. The summed E-state index contributed by atoms with van der Waals surface area (Å²) in [6.45, 7) is -0.182. The summed E-state index contributed by atoms with van der Waals surface area (Å²) in [5.74, 6) is -1.43. The van der Waals surface area contributed by atoms with E-state index >= 15 is 0 Å². The first kappa shape index (κ1) is 18.3. The molecule has 2 aromatic rings. The number of hydrogen-bond acceptors (Lipinski definition) is 11. The van der Waals surface area contributed by atoms with Crippen LogP contribution in [0.25, 0.3) is 5.69 Å². The third-order valence-electron chi connectivity index (χ3n) is 3.74. The van der Waals surface area contributed by atoms with Gasteiger partial charge in [-0.2, -0.15) is 0 Å². The fourth-order valence-corrected chi connectivity index (χ4v) is 2.54. The Bertz CT molecular complexity index is 881. The Labute approximate surface area is 152 Å². The molecule has 0 amide bonds. The van der Waals surface area contributed by atoms with E-state index in [2.05, 4.69) is 20.4 Å². The number of benzene rings is 1. The molecule has 1 N–H and O–H groups in total. The summed E-state index contributed by atoms with van der Waals surface area (Å²) in [5, 5.41) is 19.9. The number of esters is 2. The molecule has 0 radical (unpaired) electrons. The van der Waals surface area contributed by atoms with Gasteiger partial charge in [-0.15, -0.1) is 5.10 Å². The molecule has 0 bridgehead atoms. The minimum absolute atomic E-state index is 0.00473. The van der Waals surface area contributed by atoms with Crippen LogP contribution in [0.15, 0.2) is 35.8 Å². The van der Waals surface area contributed by atoms with Crippen LogP contribution in [0.5, 0.6) is 5.75 Å². The summed E-state index contributed by atoms with van der Waals surface area (Å²) in [4.78, 5) is 30.1. The van der Waals surface area contributed by atoms with Crippen LogP contribution in [-0.4, -0.2) is 65.0 Å². The number of ether oxygens (including phenoxy) is 3. The first-order chi connectivity index (χ1) is 13.1. The van der Waals surface area contributed by atoms with E-state index < -0.39 is 11.9 Å². The van der Waals surface area contributed by atoms with Crippen LogP contribution >= 0.6 is 0 Å². The van der Waals surface area contributed by atoms with Gasteiger partial charge in [0.2, 0.25) is 0 Å².